The normalized spacial score (nSPS) is 10.2. The summed E-state index contributed by atoms with van der Waals surface area (Å²) in [7, 11) is 0. The number of hydrogen-bond acceptors (Lipinski definition) is 2. The van der Waals surface area contributed by atoms with Gasteiger partial charge in [-0.1, -0.05) is 6.92 Å². The summed E-state index contributed by atoms with van der Waals surface area (Å²) in [6.07, 6.45) is 3.14. The van der Waals surface area contributed by atoms with Gasteiger partial charge in [-0.15, -0.1) is 11.3 Å². The quantitative estimate of drug-likeness (QED) is 0.676. The molecule has 10 heavy (non-hydrogen) atoms. The van der Waals surface area contributed by atoms with Crippen LogP contribution in [-0.4, -0.2) is 4.57 Å². The predicted octanol–water partition coefficient (Wildman–Crippen LogP) is 1.75. The van der Waals surface area contributed by atoms with Crippen LogP contribution in [0.4, 0.5) is 0 Å². The first-order valence-electron chi connectivity index (χ1n) is 3.45. The highest BCUT2D eigenvalue weighted by Crippen LogP contribution is 2.00. The lowest BCUT2D eigenvalue weighted by Crippen LogP contribution is -2.10. The average molecular weight is 156 g/mol. The molecule has 3 heteroatoms. The Kier molecular flexibility index (Phi) is 2.27. The van der Waals surface area contributed by atoms with E-state index in [4.69, 9.17) is 5.41 Å². The third-order valence-electron chi connectivity index (χ3n) is 1.32. The highest BCUT2D eigenvalue weighted by atomic mass is 32.1. The molecule has 2 nitrogen and oxygen atoms in total. The molecule has 1 heterocycles. The molecule has 0 spiro atoms. The fourth-order valence-corrected chi connectivity index (χ4v) is 1.67. The second-order valence-electron chi connectivity index (χ2n) is 2.34. The maximum absolute atomic E-state index is 7.48. The van der Waals surface area contributed by atoms with Crippen molar-refractivity contribution in [3.63, 3.8) is 0 Å². The number of rotatable bonds is 2. The van der Waals surface area contributed by atoms with E-state index in [1.165, 1.54) is 16.2 Å². The first kappa shape index (κ1) is 7.54. The molecule has 1 N–H and O–H groups in total. The van der Waals surface area contributed by atoms with Gasteiger partial charge in [-0.05, 0) is 13.3 Å². The van der Waals surface area contributed by atoms with Crippen molar-refractivity contribution in [1.82, 2.24) is 4.57 Å². The third kappa shape index (κ3) is 1.48. The van der Waals surface area contributed by atoms with E-state index in [0.717, 1.165) is 13.0 Å². The number of thiazole rings is 1. The Bertz CT molecular complexity index is 259. The Labute approximate surface area is 64.6 Å². The summed E-state index contributed by atoms with van der Waals surface area (Å²) in [5.41, 5.74) is 0. The van der Waals surface area contributed by atoms with Crippen LogP contribution in [0.25, 0.3) is 0 Å². The van der Waals surface area contributed by atoms with Crippen molar-refractivity contribution >= 4 is 11.3 Å². The SMILES string of the molecule is CCCn1cc(C)sc1=N. The van der Waals surface area contributed by atoms with Crippen molar-refractivity contribution < 1.29 is 0 Å². The van der Waals surface area contributed by atoms with Gasteiger partial charge >= 0.3 is 0 Å². The lowest BCUT2D eigenvalue weighted by atomic mass is 10.5. The Morgan fingerprint density at radius 1 is 1.70 bits per heavy atom. The molecule has 1 aromatic rings. The molecular weight excluding hydrogens is 144 g/mol. The molecule has 0 aliphatic carbocycles. The molecular formula is C7H12N2S. The standard InChI is InChI=1S/C7H12N2S/c1-3-4-9-5-6(2)10-7(9)8/h5,8H,3-4H2,1-2H3. The van der Waals surface area contributed by atoms with Gasteiger partial charge in [0.15, 0.2) is 4.80 Å². The van der Waals surface area contributed by atoms with E-state index in [1.807, 2.05) is 17.7 Å². The van der Waals surface area contributed by atoms with Crippen molar-refractivity contribution in [3.8, 4) is 0 Å². The number of nitrogens with zero attached hydrogens (tertiary/aromatic N) is 1. The minimum absolute atomic E-state index is 0.666. The van der Waals surface area contributed by atoms with E-state index in [0.29, 0.717) is 4.80 Å². The largest absolute Gasteiger partial charge is 0.324 e. The van der Waals surface area contributed by atoms with Crippen LogP contribution < -0.4 is 4.80 Å². The second kappa shape index (κ2) is 3.01. The van der Waals surface area contributed by atoms with Gasteiger partial charge in [-0.25, -0.2) is 0 Å². The van der Waals surface area contributed by atoms with Crippen LogP contribution >= 0.6 is 11.3 Å². The molecule has 1 rings (SSSR count). The highest BCUT2D eigenvalue weighted by molar-refractivity contribution is 7.09. The minimum atomic E-state index is 0.666. The lowest BCUT2D eigenvalue weighted by molar-refractivity contribution is 0.654. The van der Waals surface area contributed by atoms with E-state index in [-0.39, 0.29) is 0 Å². The third-order valence-corrected chi connectivity index (χ3v) is 2.18. The molecule has 0 fully saturated rings. The number of aryl methyl sites for hydroxylation is 2. The molecule has 0 aromatic carbocycles. The average Bonchev–Trinajstić information content (AvgIpc) is 2.13. The summed E-state index contributed by atoms with van der Waals surface area (Å²) in [6.45, 7) is 5.14. The summed E-state index contributed by atoms with van der Waals surface area (Å²) in [5.74, 6) is 0. The van der Waals surface area contributed by atoms with Crippen LogP contribution in [0.15, 0.2) is 6.20 Å². The fourth-order valence-electron chi connectivity index (χ4n) is 0.923. The zero-order valence-corrected chi connectivity index (χ0v) is 7.16. The van der Waals surface area contributed by atoms with Gasteiger partial charge in [0.25, 0.3) is 0 Å². The smallest absolute Gasteiger partial charge is 0.182 e. The van der Waals surface area contributed by atoms with Crippen molar-refractivity contribution in [2.45, 2.75) is 26.8 Å². The number of aromatic nitrogens is 1. The molecule has 56 valence electrons. The Morgan fingerprint density at radius 3 is 2.80 bits per heavy atom. The topological polar surface area (TPSA) is 28.8 Å². The molecule has 0 amide bonds. The molecule has 0 aliphatic rings. The van der Waals surface area contributed by atoms with Gasteiger partial charge in [0, 0.05) is 17.6 Å². The molecule has 0 unspecified atom stereocenters. The highest BCUT2D eigenvalue weighted by Gasteiger charge is 1.93. The molecule has 0 bridgehead atoms. The summed E-state index contributed by atoms with van der Waals surface area (Å²) in [6, 6.07) is 0. The monoisotopic (exact) mass is 156 g/mol. The zero-order valence-electron chi connectivity index (χ0n) is 6.35. The van der Waals surface area contributed by atoms with E-state index in [2.05, 4.69) is 6.92 Å². The van der Waals surface area contributed by atoms with Crippen LogP contribution in [0, 0.1) is 12.3 Å². The Morgan fingerprint density at radius 2 is 2.40 bits per heavy atom. The van der Waals surface area contributed by atoms with Gasteiger partial charge in [-0.2, -0.15) is 0 Å². The first-order chi connectivity index (χ1) is 4.74. The summed E-state index contributed by atoms with van der Waals surface area (Å²) >= 11 is 1.54. The van der Waals surface area contributed by atoms with Crippen LogP contribution in [0.3, 0.4) is 0 Å². The van der Waals surface area contributed by atoms with Crippen LogP contribution in [0.2, 0.25) is 0 Å². The van der Waals surface area contributed by atoms with E-state index in [1.54, 1.807) is 0 Å². The van der Waals surface area contributed by atoms with Crippen molar-refractivity contribution in [3.05, 3.63) is 15.9 Å². The molecule has 0 saturated carbocycles. The van der Waals surface area contributed by atoms with Gasteiger partial charge in [-0.3, -0.25) is 5.41 Å². The summed E-state index contributed by atoms with van der Waals surface area (Å²) < 4.78 is 1.99. The van der Waals surface area contributed by atoms with Gasteiger partial charge in [0.1, 0.15) is 0 Å². The van der Waals surface area contributed by atoms with Gasteiger partial charge in [0.05, 0.1) is 0 Å². The predicted molar refractivity (Wildman–Crippen MR) is 43.2 cm³/mol. The molecule has 0 radical (unpaired) electrons. The zero-order chi connectivity index (χ0) is 7.56. The maximum atomic E-state index is 7.48. The van der Waals surface area contributed by atoms with Crippen molar-refractivity contribution in [2.24, 2.45) is 0 Å². The van der Waals surface area contributed by atoms with Gasteiger partial charge < -0.3 is 4.57 Å². The molecule has 0 saturated heterocycles. The summed E-state index contributed by atoms with van der Waals surface area (Å²) in [4.78, 5) is 1.89. The second-order valence-corrected chi connectivity index (χ2v) is 3.58. The summed E-state index contributed by atoms with van der Waals surface area (Å²) in [5, 5.41) is 7.48. The van der Waals surface area contributed by atoms with Crippen LogP contribution in [0.5, 0.6) is 0 Å². The minimum Gasteiger partial charge on any atom is -0.324 e. The van der Waals surface area contributed by atoms with Crippen LogP contribution in [0.1, 0.15) is 18.2 Å². The van der Waals surface area contributed by atoms with Crippen LogP contribution in [-0.2, 0) is 6.54 Å². The van der Waals surface area contributed by atoms with E-state index < -0.39 is 0 Å². The van der Waals surface area contributed by atoms with E-state index >= 15 is 0 Å². The molecule has 0 atom stereocenters. The Balaban J connectivity index is 2.92. The lowest BCUT2D eigenvalue weighted by Gasteiger charge is -1.95. The number of hydrogen-bond donors (Lipinski definition) is 1. The van der Waals surface area contributed by atoms with E-state index in [9.17, 15) is 0 Å². The Hall–Kier alpha value is -0.570. The first-order valence-corrected chi connectivity index (χ1v) is 4.27. The fraction of sp³-hybridized carbons (Fsp3) is 0.571. The van der Waals surface area contributed by atoms with Gasteiger partial charge in [0.2, 0.25) is 0 Å². The van der Waals surface area contributed by atoms with Crippen molar-refractivity contribution in [1.29, 1.82) is 5.41 Å². The molecule has 0 aliphatic heterocycles. The molecule has 1 aromatic heterocycles. The van der Waals surface area contributed by atoms with Crippen molar-refractivity contribution in [2.75, 3.05) is 0 Å². The number of nitrogens with one attached hydrogen (secondary N) is 1. The maximum Gasteiger partial charge on any atom is 0.182 e.